The van der Waals surface area contributed by atoms with Gasteiger partial charge in [0.15, 0.2) is 5.75 Å². The minimum atomic E-state index is -0.0599. The minimum Gasteiger partial charge on any atom is -0.490 e. The molecule has 0 N–H and O–H groups in total. The maximum Gasteiger partial charge on any atom is 0.227 e. The molecule has 1 fully saturated rings. The number of ether oxygens (including phenoxy) is 2. The van der Waals surface area contributed by atoms with Gasteiger partial charge in [0.1, 0.15) is 10.2 Å². The van der Waals surface area contributed by atoms with E-state index in [1.807, 2.05) is 11.8 Å². The molecule has 82 valence electrons. The van der Waals surface area contributed by atoms with Crippen molar-refractivity contribution >= 4 is 17.9 Å². The van der Waals surface area contributed by atoms with Crippen molar-refractivity contribution in [2.45, 2.75) is 6.92 Å². The SMILES string of the molecule is CCOc1c(N2CCOCC2)c(=O)c1=S. The second-order valence-electron chi connectivity index (χ2n) is 3.37. The van der Waals surface area contributed by atoms with Crippen molar-refractivity contribution < 1.29 is 9.47 Å². The third kappa shape index (κ3) is 1.77. The van der Waals surface area contributed by atoms with Gasteiger partial charge in [-0.2, -0.15) is 0 Å². The topological polar surface area (TPSA) is 38.8 Å². The zero-order valence-electron chi connectivity index (χ0n) is 8.62. The highest BCUT2D eigenvalue weighted by molar-refractivity contribution is 7.71. The molecule has 2 rings (SSSR count). The molecule has 0 spiro atoms. The van der Waals surface area contributed by atoms with Crippen LogP contribution in [0.5, 0.6) is 5.75 Å². The van der Waals surface area contributed by atoms with Gasteiger partial charge in [-0.05, 0) is 6.92 Å². The summed E-state index contributed by atoms with van der Waals surface area (Å²) in [5.41, 5.74) is 0.584. The van der Waals surface area contributed by atoms with Crippen molar-refractivity contribution in [3.05, 3.63) is 14.7 Å². The van der Waals surface area contributed by atoms with Crippen LogP contribution in [0, 0.1) is 4.51 Å². The van der Waals surface area contributed by atoms with Crippen LogP contribution in [0.25, 0.3) is 0 Å². The van der Waals surface area contributed by atoms with Crippen molar-refractivity contribution in [1.82, 2.24) is 0 Å². The molecule has 0 bridgehead atoms. The fraction of sp³-hybridized carbons (Fsp3) is 0.600. The van der Waals surface area contributed by atoms with Gasteiger partial charge in [-0.1, -0.05) is 12.2 Å². The predicted molar refractivity (Wildman–Crippen MR) is 60.1 cm³/mol. The summed E-state index contributed by atoms with van der Waals surface area (Å²) in [4.78, 5) is 13.6. The molecule has 0 radical (unpaired) electrons. The van der Waals surface area contributed by atoms with Gasteiger partial charge < -0.3 is 14.4 Å². The Morgan fingerprint density at radius 1 is 1.47 bits per heavy atom. The second-order valence-corrected chi connectivity index (χ2v) is 3.78. The maximum atomic E-state index is 11.6. The molecule has 1 saturated heterocycles. The van der Waals surface area contributed by atoms with Gasteiger partial charge in [-0.3, -0.25) is 4.79 Å². The minimum absolute atomic E-state index is 0.0599. The van der Waals surface area contributed by atoms with E-state index in [2.05, 4.69) is 0 Å². The molecule has 0 unspecified atom stereocenters. The van der Waals surface area contributed by atoms with Crippen LogP contribution < -0.4 is 15.1 Å². The zero-order valence-corrected chi connectivity index (χ0v) is 9.43. The van der Waals surface area contributed by atoms with Crippen molar-refractivity contribution in [2.75, 3.05) is 37.8 Å². The van der Waals surface area contributed by atoms with Crippen LogP contribution in [0.4, 0.5) is 5.69 Å². The highest BCUT2D eigenvalue weighted by Crippen LogP contribution is 2.30. The van der Waals surface area contributed by atoms with Crippen LogP contribution in [0.15, 0.2) is 4.79 Å². The fourth-order valence-corrected chi connectivity index (χ4v) is 1.96. The Kier molecular flexibility index (Phi) is 3.02. The van der Waals surface area contributed by atoms with Crippen LogP contribution >= 0.6 is 12.2 Å². The van der Waals surface area contributed by atoms with Crippen LogP contribution in [0.2, 0.25) is 0 Å². The molecule has 1 aliphatic heterocycles. The van der Waals surface area contributed by atoms with Crippen LogP contribution in [0.3, 0.4) is 0 Å². The first-order valence-corrected chi connectivity index (χ1v) is 5.45. The van der Waals surface area contributed by atoms with Crippen molar-refractivity contribution in [3.8, 4) is 5.75 Å². The van der Waals surface area contributed by atoms with Gasteiger partial charge in [-0.25, -0.2) is 0 Å². The van der Waals surface area contributed by atoms with Crippen molar-refractivity contribution in [1.29, 1.82) is 0 Å². The molecule has 5 heteroatoms. The summed E-state index contributed by atoms with van der Waals surface area (Å²) in [6, 6.07) is 0. The molecule has 0 aromatic heterocycles. The molecule has 0 atom stereocenters. The lowest BCUT2D eigenvalue weighted by atomic mass is 10.2. The van der Waals surface area contributed by atoms with E-state index in [4.69, 9.17) is 21.7 Å². The van der Waals surface area contributed by atoms with Crippen molar-refractivity contribution in [3.63, 3.8) is 0 Å². The Hall–Kier alpha value is -0.940. The van der Waals surface area contributed by atoms with Crippen LogP contribution in [0.1, 0.15) is 6.92 Å². The molecule has 0 saturated carbocycles. The maximum absolute atomic E-state index is 11.6. The third-order valence-electron chi connectivity index (χ3n) is 2.46. The molecule has 15 heavy (non-hydrogen) atoms. The number of anilines is 1. The first kappa shape index (κ1) is 10.6. The second kappa shape index (κ2) is 4.28. The van der Waals surface area contributed by atoms with Gasteiger partial charge in [0.2, 0.25) is 5.43 Å². The highest BCUT2D eigenvalue weighted by atomic mass is 32.1. The van der Waals surface area contributed by atoms with Gasteiger partial charge in [-0.15, -0.1) is 0 Å². The molecule has 1 aromatic carbocycles. The molecular weight excluding hydrogens is 214 g/mol. The van der Waals surface area contributed by atoms with E-state index in [-0.39, 0.29) is 5.43 Å². The predicted octanol–water partition coefficient (Wildman–Crippen LogP) is 0.887. The number of hydrogen-bond donors (Lipinski definition) is 0. The third-order valence-corrected chi connectivity index (χ3v) is 2.83. The van der Waals surface area contributed by atoms with Gasteiger partial charge in [0.25, 0.3) is 0 Å². The Labute approximate surface area is 93.1 Å². The number of hydrogen-bond acceptors (Lipinski definition) is 5. The molecule has 1 aromatic rings. The summed E-state index contributed by atoms with van der Waals surface area (Å²) in [6.45, 7) is 5.21. The average Bonchev–Trinajstić information content (AvgIpc) is 2.29. The highest BCUT2D eigenvalue weighted by Gasteiger charge is 2.25. The first-order valence-electron chi connectivity index (χ1n) is 5.04. The summed E-state index contributed by atoms with van der Waals surface area (Å²) in [7, 11) is 0. The van der Waals surface area contributed by atoms with Crippen LogP contribution in [-0.2, 0) is 4.74 Å². The lowest BCUT2D eigenvalue weighted by Crippen LogP contribution is -2.40. The van der Waals surface area contributed by atoms with E-state index >= 15 is 0 Å². The van der Waals surface area contributed by atoms with E-state index < -0.39 is 0 Å². The first-order chi connectivity index (χ1) is 7.25. The zero-order chi connectivity index (χ0) is 10.8. The summed E-state index contributed by atoms with van der Waals surface area (Å²) >= 11 is 4.95. The van der Waals surface area contributed by atoms with Crippen LogP contribution in [-0.4, -0.2) is 32.9 Å². The van der Waals surface area contributed by atoms with Gasteiger partial charge >= 0.3 is 0 Å². The number of rotatable bonds is 3. The summed E-state index contributed by atoms with van der Waals surface area (Å²) < 4.78 is 10.9. The Morgan fingerprint density at radius 3 is 2.73 bits per heavy atom. The number of nitrogens with zero attached hydrogens (tertiary/aromatic N) is 1. The van der Waals surface area contributed by atoms with Crippen molar-refractivity contribution in [2.24, 2.45) is 0 Å². The Bertz CT molecular complexity index is 416. The molecule has 1 heterocycles. The monoisotopic (exact) mass is 227 g/mol. The van der Waals surface area contributed by atoms with E-state index in [0.29, 0.717) is 35.8 Å². The normalized spacial score (nSPS) is 17.0. The summed E-state index contributed by atoms with van der Waals surface area (Å²) in [5.74, 6) is 0.597. The molecular formula is C10H13NO3S. The van der Waals surface area contributed by atoms with Gasteiger partial charge in [0.05, 0.1) is 19.8 Å². The van der Waals surface area contributed by atoms with E-state index in [0.717, 1.165) is 13.1 Å². The average molecular weight is 227 g/mol. The molecule has 0 amide bonds. The standard InChI is InChI=1S/C10H13NO3S/c1-2-14-9-7(8(12)10(9)15)11-3-5-13-6-4-11/h2-6H2,1H3. The molecule has 4 nitrogen and oxygen atoms in total. The number of morpholine rings is 1. The van der Waals surface area contributed by atoms with E-state index in [9.17, 15) is 4.79 Å². The van der Waals surface area contributed by atoms with Gasteiger partial charge in [0, 0.05) is 13.1 Å². The van der Waals surface area contributed by atoms with E-state index in [1.54, 1.807) is 0 Å². The summed E-state index contributed by atoms with van der Waals surface area (Å²) in [6.07, 6.45) is 0. The quantitative estimate of drug-likeness (QED) is 0.717. The fourth-order valence-electron chi connectivity index (χ4n) is 1.71. The van der Waals surface area contributed by atoms with E-state index in [1.165, 1.54) is 0 Å². The lowest BCUT2D eigenvalue weighted by molar-refractivity contribution is 0.122. The largest absolute Gasteiger partial charge is 0.490 e. The Morgan fingerprint density at radius 2 is 2.13 bits per heavy atom. The Balaban J connectivity index is 2.23. The molecule has 1 aliphatic rings. The molecule has 0 aliphatic carbocycles. The summed E-state index contributed by atoms with van der Waals surface area (Å²) in [5, 5.41) is 0. The lowest BCUT2D eigenvalue weighted by Gasteiger charge is -2.30. The smallest absolute Gasteiger partial charge is 0.227 e.